The van der Waals surface area contributed by atoms with Gasteiger partial charge in [-0.05, 0) is 92.3 Å². The minimum Gasteiger partial charge on any atom is -0.192 e. The van der Waals surface area contributed by atoms with E-state index >= 15 is 0 Å². The van der Waals surface area contributed by atoms with Crippen molar-refractivity contribution in [2.24, 2.45) is 9.98 Å². The Morgan fingerprint density at radius 3 is 1.19 bits per heavy atom. The van der Waals surface area contributed by atoms with Gasteiger partial charge in [-0.1, -0.05) is 48.5 Å². The van der Waals surface area contributed by atoms with Crippen LogP contribution in [-0.2, 0) is 0 Å². The Morgan fingerprint density at radius 2 is 0.786 bits per heavy atom. The molecule has 7 aromatic carbocycles. The van der Waals surface area contributed by atoms with Crippen molar-refractivity contribution in [1.29, 1.82) is 21.0 Å². The number of nitriles is 4. The third-order valence-electron chi connectivity index (χ3n) is 7.77. The summed E-state index contributed by atoms with van der Waals surface area (Å²) < 4.78 is 0. The van der Waals surface area contributed by atoms with Crippen LogP contribution < -0.4 is 10.7 Å². The lowest BCUT2D eigenvalue weighted by atomic mass is 10.0. The molecule has 0 unspecified atom stereocenters. The summed E-state index contributed by atoms with van der Waals surface area (Å²) in [6.45, 7) is 0. The van der Waals surface area contributed by atoms with Crippen molar-refractivity contribution in [2.75, 3.05) is 0 Å². The lowest BCUT2D eigenvalue weighted by Crippen LogP contribution is -1.99. The predicted octanol–water partition coefficient (Wildman–Crippen LogP) is 7.02. The highest BCUT2D eigenvalue weighted by molar-refractivity contribution is 6.21. The summed E-state index contributed by atoms with van der Waals surface area (Å²) in [5.41, 5.74) is 4.79. The summed E-state index contributed by atoms with van der Waals surface area (Å²) in [6, 6.07) is 35.3. The van der Waals surface area contributed by atoms with E-state index in [0.29, 0.717) is 21.8 Å². The van der Waals surface area contributed by atoms with Crippen molar-refractivity contribution in [1.82, 2.24) is 0 Å². The van der Waals surface area contributed by atoms with Crippen LogP contribution in [-0.4, -0.2) is 0 Å². The van der Waals surface area contributed by atoms with E-state index in [2.05, 4.69) is 22.1 Å². The molecule has 0 aliphatic heterocycles. The van der Waals surface area contributed by atoms with Crippen LogP contribution in [0, 0.1) is 45.6 Å². The van der Waals surface area contributed by atoms with Gasteiger partial charge in [0.2, 0.25) is 12.4 Å². The van der Waals surface area contributed by atoms with Crippen molar-refractivity contribution >= 4 is 43.1 Å². The fraction of sp³-hybridized carbons (Fsp3) is 0. The Labute approximate surface area is 239 Å². The molecule has 190 valence electrons. The van der Waals surface area contributed by atoms with Crippen molar-refractivity contribution < 1.29 is 0 Å². The van der Waals surface area contributed by atoms with Gasteiger partial charge in [0.05, 0.1) is 34.0 Å². The molecule has 0 bridgehead atoms. The maximum absolute atomic E-state index is 9.62. The lowest BCUT2D eigenvalue weighted by molar-refractivity contribution is 1.37. The molecule has 42 heavy (non-hydrogen) atoms. The molecule has 0 aliphatic carbocycles. The smallest absolute Gasteiger partial charge is 0.192 e. The second-order valence-corrected chi connectivity index (χ2v) is 9.97. The topological polar surface area (TPSA) is 120 Å². The van der Waals surface area contributed by atoms with Gasteiger partial charge in [0, 0.05) is 21.5 Å². The number of benzene rings is 5. The number of rotatable bonds is 2. The van der Waals surface area contributed by atoms with Crippen LogP contribution in [0.2, 0.25) is 0 Å². The van der Waals surface area contributed by atoms with E-state index in [1.54, 1.807) is 12.1 Å². The summed E-state index contributed by atoms with van der Waals surface area (Å²) in [4.78, 5) is 8.49. The first-order valence-corrected chi connectivity index (χ1v) is 13.1. The molecule has 0 spiro atoms. The van der Waals surface area contributed by atoms with E-state index in [4.69, 9.17) is 0 Å². The monoisotopic (exact) mass is 532 g/mol. The predicted molar refractivity (Wildman–Crippen MR) is 161 cm³/mol. The Bertz CT molecular complexity index is 2390. The van der Waals surface area contributed by atoms with Crippen LogP contribution in [0.4, 0.5) is 0 Å². The van der Waals surface area contributed by atoms with Crippen molar-refractivity contribution in [3.8, 4) is 46.8 Å². The molecule has 6 heteroatoms. The Hall–Kier alpha value is -6.60. The number of fused-ring (bicyclic) bond motifs is 6. The summed E-state index contributed by atoms with van der Waals surface area (Å²) in [7, 11) is 0. The van der Waals surface area contributed by atoms with Gasteiger partial charge >= 0.3 is 0 Å². The first-order chi connectivity index (χ1) is 20.6. The molecule has 0 amide bonds. The van der Waals surface area contributed by atoms with E-state index in [1.807, 2.05) is 97.3 Å². The quantitative estimate of drug-likeness (QED) is 0.222. The maximum atomic E-state index is 9.62. The zero-order valence-corrected chi connectivity index (χ0v) is 21.9. The molecule has 0 aliphatic rings. The van der Waals surface area contributed by atoms with Crippen molar-refractivity contribution in [3.63, 3.8) is 0 Å². The Balaban J connectivity index is 1.53. The van der Waals surface area contributed by atoms with Gasteiger partial charge < -0.3 is 0 Å². The molecule has 0 heterocycles. The van der Waals surface area contributed by atoms with Crippen molar-refractivity contribution in [3.05, 3.63) is 119 Å². The van der Waals surface area contributed by atoms with E-state index in [0.717, 1.165) is 65.3 Å². The number of hydrogen-bond donors (Lipinski definition) is 0. The van der Waals surface area contributed by atoms with Crippen LogP contribution in [0.25, 0.3) is 65.3 Å². The summed E-state index contributed by atoms with van der Waals surface area (Å²) in [5, 5.41) is 46.2. The third kappa shape index (κ3) is 3.70. The Kier molecular flexibility index (Phi) is 5.56. The summed E-state index contributed by atoms with van der Waals surface area (Å²) in [5.74, 6) is 0. The highest BCUT2D eigenvalue weighted by atomic mass is 14.7. The highest BCUT2D eigenvalue weighted by Crippen LogP contribution is 2.35. The van der Waals surface area contributed by atoms with Gasteiger partial charge in [-0.15, -0.1) is 0 Å². The van der Waals surface area contributed by atoms with Crippen LogP contribution in [0.3, 0.4) is 0 Å². The molecule has 6 nitrogen and oxygen atoms in total. The molecule has 0 saturated heterocycles. The molecule has 7 aromatic rings. The second kappa shape index (κ2) is 9.55. The summed E-state index contributed by atoms with van der Waals surface area (Å²) >= 11 is 0. The van der Waals surface area contributed by atoms with Gasteiger partial charge in [0.1, 0.15) is 0 Å². The van der Waals surface area contributed by atoms with E-state index in [1.165, 1.54) is 0 Å². The minimum absolute atomic E-state index is 0.572. The zero-order chi connectivity index (χ0) is 28.8. The normalized spacial score (nSPS) is 12.0. The standard InChI is InChI=1S/C36H16N6/c37-17-21-3-1-5-23(11-21)25-7-9-27-29-15-34-30(16-33(29)35(41-19-39)31(27)13-25)28-10-8-26(14-32(28)36(34)42-20-40)24-6-2-4-22(12-24)18-38/h1-16H. The SMILES string of the molecule is N#CN=c1c2cc(-c3cccc(C#N)c3)ccc2c2cc3c(=NC#N)c4cc(-c5cccc(C#N)c5)ccc4c3cc12. The van der Waals surface area contributed by atoms with Gasteiger partial charge in [-0.3, -0.25) is 0 Å². The lowest BCUT2D eigenvalue weighted by Gasteiger charge is -2.03. The van der Waals surface area contributed by atoms with E-state index in [9.17, 15) is 21.0 Å². The molecule has 0 N–H and O–H groups in total. The maximum Gasteiger partial charge on any atom is 0.206 e. The Morgan fingerprint density at radius 1 is 0.381 bits per heavy atom. The minimum atomic E-state index is 0.572. The van der Waals surface area contributed by atoms with Crippen LogP contribution in [0.1, 0.15) is 11.1 Å². The first kappa shape index (κ1) is 24.4. The average molecular weight is 533 g/mol. The molecule has 7 rings (SSSR count). The molecule has 0 aromatic heterocycles. The fourth-order valence-corrected chi connectivity index (χ4v) is 5.91. The number of nitrogens with zero attached hydrogens (tertiary/aromatic N) is 6. The third-order valence-corrected chi connectivity index (χ3v) is 7.77. The molecule has 0 atom stereocenters. The van der Waals surface area contributed by atoms with E-state index < -0.39 is 0 Å². The zero-order valence-electron chi connectivity index (χ0n) is 21.9. The van der Waals surface area contributed by atoms with Crippen molar-refractivity contribution in [2.45, 2.75) is 0 Å². The molecular formula is C36H16N6. The molecule has 0 radical (unpaired) electrons. The van der Waals surface area contributed by atoms with Gasteiger partial charge in [-0.25, -0.2) is 0 Å². The van der Waals surface area contributed by atoms with Gasteiger partial charge in [0.15, 0.2) is 0 Å². The van der Waals surface area contributed by atoms with Gasteiger partial charge in [0.25, 0.3) is 0 Å². The molecule has 0 fully saturated rings. The second-order valence-electron chi connectivity index (χ2n) is 9.97. The highest BCUT2D eigenvalue weighted by Gasteiger charge is 2.17. The number of hydrogen-bond acceptors (Lipinski definition) is 6. The molecular weight excluding hydrogens is 516 g/mol. The fourth-order valence-electron chi connectivity index (χ4n) is 5.91. The first-order valence-electron chi connectivity index (χ1n) is 13.1. The van der Waals surface area contributed by atoms with Crippen LogP contribution >= 0.6 is 0 Å². The van der Waals surface area contributed by atoms with Crippen LogP contribution in [0.15, 0.2) is 107 Å². The van der Waals surface area contributed by atoms with Crippen LogP contribution in [0.5, 0.6) is 0 Å². The van der Waals surface area contributed by atoms with E-state index in [-0.39, 0.29) is 0 Å². The van der Waals surface area contributed by atoms with Gasteiger partial charge in [-0.2, -0.15) is 31.0 Å². The summed E-state index contributed by atoms with van der Waals surface area (Å²) in [6.07, 6.45) is 3.95. The average Bonchev–Trinajstić information content (AvgIpc) is 3.51. The molecule has 0 saturated carbocycles. The largest absolute Gasteiger partial charge is 0.206 e.